The third-order valence-electron chi connectivity index (χ3n) is 4.50. The van der Waals surface area contributed by atoms with Gasteiger partial charge in [-0.1, -0.05) is 19.3 Å². The largest absolute Gasteiger partial charge is 0.339 e. The van der Waals surface area contributed by atoms with Gasteiger partial charge in [0.15, 0.2) is 0 Å². The Morgan fingerprint density at radius 3 is 2.00 bits per heavy atom. The Kier molecular flexibility index (Phi) is 8.04. The molecule has 21 heavy (non-hydrogen) atoms. The Morgan fingerprint density at radius 2 is 1.48 bits per heavy atom. The van der Waals surface area contributed by atoms with E-state index in [0.717, 1.165) is 0 Å². The fraction of sp³-hybridized carbons (Fsp3) is 0.867. The van der Waals surface area contributed by atoms with E-state index < -0.39 is 0 Å². The van der Waals surface area contributed by atoms with Crippen LogP contribution in [0.25, 0.3) is 0 Å². The van der Waals surface area contributed by atoms with Gasteiger partial charge in [0.1, 0.15) is 0 Å². The van der Waals surface area contributed by atoms with Crippen LogP contribution in [0.3, 0.4) is 0 Å². The molecule has 0 aromatic heterocycles. The van der Waals surface area contributed by atoms with E-state index in [9.17, 15) is 9.59 Å². The summed E-state index contributed by atoms with van der Waals surface area (Å²) in [5.41, 5.74) is 0. The second-order valence-corrected chi connectivity index (χ2v) is 6.00. The van der Waals surface area contributed by atoms with Crippen LogP contribution in [0.5, 0.6) is 0 Å². The molecule has 1 N–H and O–H groups in total. The standard InChI is InChI=1S/C15H27N3O2.ClH/c1-16-12-15(20)18-9-7-17(8-10-18)14(19)11-13-5-3-2-4-6-13;/h13,16H,2-12H2,1H3;1H. The third kappa shape index (κ3) is 5.47. The highest BCUT2D eigenvalue weighted by Gasteiger charge is 2.25. The third-order valence-corrected chi connectivity index (χ3v) is 4.50. The summed E-state index contributed by atoms with van der Waals surface area (Å²) in [6, 6.07) is 0. The van der Waals surface area contributed by atoms with E-state index in [1.54, 1.807) is 7.05 Å². The lowest BCUT2D eigenvalue weighted by Crippen LogP contribution is -2.52. The SMILES string of the molecule is CNCC(=O)N1CCN(C(=O)CC2CCCCC2)CC1.Cl. The lowest BCUT2D eigenvalue weighted by Gasteiger charge is -2.35. The van der Waals surface area contributed by atoms with E-state index >= 15 is 0 Å². The van der Waals surface area contributed by atoms with Crippen LogP contribution in [0.4, 0.5) is 0 Å². The van der Waals surface area contributed by atoms with Crippen molar-refractivity contribution in [2.75, 3.05) is 39.8 Å². The molecule has 2 fully saturated rings. The molecule has 0 spiro atoms. The number of rotatable bonds is 4. The van der Waals surface area contributed by atoms with E-state index in [-0.39, 0.29) is 24.2 Å². The highest BCUT2D eigenvalue weighted by Crippen LogP contribution is 2.26. The van der Waals surface area contributed by atoms with Gasteiger partial charge in [-0.3, -0.25) is 9.59 Å². The summed E-state index contributed by atoms with van der Waals surface area (Å²) in [5.74, 6) is 1.02. The zero-order chi connectivity index (χ0) is 14.4. The molecule has 1 saturated carbocycles. The second kappa shape index (κ2) is 9.26. The van der Waals surface area contributed by atoms with E-state index in [2.05, 4.69) is 5.32 Å². The first-order chi connectivity index (χ1) is 9.70. The summed E-state index contributed by atoms with van der Waals surface area (Å²) in [6.07, 6.45) is 7.04. The highest BCUT2D eigenvalue weighted by molar-refractivity contribution is 5.85. The zero-order valence-electron chi connectivity index (χ0n) is 13.0. The first-order valence-corrected chi connectivity index (χ1v) is 7.91. The van der Waals surface area contributed by atoms with Crippen molar-refractivity contribution < 1.29 is 9.59 Å². The molecule has 2 amide bonds. The van der Waals surface area contributed by atoms with Gasteiger partial charge < -0.3 is 15.1 Å². The molecule has 5 nitrogen and oxygen atoms in total. The number of hydrogen-bond donors (Lipinski definition) is 1. The molecule has 0 aromatic rings. The topological polar surface area (TPSA) is 52.7 Å². The summed E-state index contributed by atoms with van der Waals surface area (Å²) in [6.45, 7) is 3.13. The van der Waals surface area contributed by atoms with E-state index in [1.807, 2.05) is 9.80 Å². The molecular weight excluding hydrogens is 290 g/mol. The van der Waals surface area contributed by atoms with Gasteiger partial charge in [0.25, 0.3) is 0 Å². The van der Waals surface area contributed by atoms with Gasteiger partial charge in [-0.15, -0.1) is 12.4 Å². The van der Waals surface area contributed by atoms with Crippen LogP contribution in [-0.2, 0) is 9.59 Å². The van der Waals surface area contributed by atoms with Crippen molar-refractivity contribution in [2.45, 2.75) is 38.5 Å². The minimum atomic E-state index is 0. The molecule has 6 heteroatoms. The van der Waals surface area contributed by atoms with Crippen molar-refractivity contribution >= 4 is 24.2 Å². The predicted octanol–water partition coefficient (Wildman–Crippen LogP) is 1.27. The van der Waals surface area contributed by atoms with Gasteiger partial charge in [0.05, 0.1) is 6.54 Å². The molecule has 1 heterocycles. The molecule has 1 aliphatic heterocycles. The Morgan fingerprint density at radius 1 is 0.952 bits per heavy atom. The van der Waals surface area contributed by atoms with Crippen molar-refractivity contribution in [3.05, 3.63) is 0 Å². The quantitative estimate of drug-likeness (QED) is 0.849. The molecule has 2 rings (SSSR count). The molecule has 0 radical (unpaired) electrons. The lowest BCUT2D eigenvalue weighted by molar-refractivity contribution is -0.139. The van der Waals surface area contributed by atoms with Crippen LogP contribution < -0.4 is 5.32 Å². The average Bonchev–Trinajstić information content (AvgIpc) is 2.48. The van der Waals surface area contributed by atoms with Crippen LogP contribution >= 0.6 is 12.4 Å². The van der Waals surface area contributed by atoms with Gasteiger partial charge in [0.2, 0.25) is 11.8 Å². The highest BCUT2D eigenvalue weighted by atomic mass is 35.5. The summed E-state index contributed by atoms with van der Waals surface area (Å²) in [5, 5.41) is 2.88. The monoisotopic (exact) mass is 317 g/mol. The van der Waals surface area contributed by atoms with Gasteiger partial charge in [-0.25, -0.2) is 0 Å². The van der Waals surface area contributed by atoms with Gasteiger partial charge in [0, 0.05) is 32.6 Å². The minimum absolute atomic E-state index is 0. The Hall–Kier alpha value is -0.810. The maximum Gasteiger partial charge on any atom is 0.236 e. The predicted molar refractivity (Wildman–Crippen MR) is 85.5 cm³/mol. The summed E-state index contributed by atoms with van der Waals surface area (Å²) in [4.78, 5) is 27.8. The van der Waals surface area contributed by atoms with Crippen LogP contribution in [0.15, 0.2) is 0 Å². The lowest BCUT2D eigenvalue weighted by atomic mass is 9.86. The molecular formula is C15H28ClN3O2. The normalized spacial score (nSPS) is 20.0. The number of hydrogen-bond acceptors (Lipinski definition) is 3. The van der Waals surface area contributed by atoms with Crippen LogP contribution in [0.2, 0.25) is 0 Å². The van der Waals surface area contributed by atoms with Crippen LogP contribution in [0.1, 0.15) is 38.5 Å². The number of nitrogens with one attached hydrogen (secondary N) is 1. The average molecular weight is 318 g/mol. The number of amides is 2. The van der Waals surface area contributed by atoms with Gasteiger partial charge in [-0.2, -0.15) is 0 Å². The number of carbonyl (C=O) groups excluding carboxylic acids is 2. The number of nitrogens with zero attached hydrogens (tertiary/aromatic N) is 2. The molecule has 0 atom stereocenters. The molecule has 0 unspecified atom stereocenters. The number of likely N-dealkylation sites (N-methyl/N-ethyl adjacent to an activating group) is 1. The van der Waals surface area contributed by atoms with E-state index in [0.29, 0.717) is 45.1 Å². The van der Waals surface area contributed by atoms with Crippen molar-refractivity contribution in [3.63, 3.8) is 0 Å². The number of piperazine rings is 1. The molecule has 0 bridgehead atoms. The fourth-order valence-electron chi connectivity index (χ4n) is 3.24. The summed E-state index contributed by atoms with van der Waals surface area (Å²) < 4.78 is 0. The molecule has 1 aliphatic carbocycles. The Labute approximate surface area is 133 Å². The molecule has 0 aromatic carbocycles. The fourth-order valence-corrected chi connectivity index (χ4v) is 3.24. The van der Waals surface area contributed by atoms with E-state index in [1.165, 1.54) is 32.1 Å². The molecule has 2 aliphatic rings. The zero-order valence-corrected chi connectivity index (χ0v) is 13.8. The number of carbonyl (C=O) groups is 2. The Bertz CT molecular complexity index is 338. The smallest absolute Gasteiger partial charge is 0.236 e. The summed E-state index contributed by atoms with van der Waals surface area (Å²) in [7, 11) is 1.78. The van der Waals surface area contributed by atoms with Crippen molar-refractivity contribution in [3.8, 4) is 0 Å². The van der Waals surface area contributed by atoms with Crippen LogP contribution in [-0.4, -0.2) is 61.4 Å². The maximum atomic E-state index is 12.3. The molecule has 1 saturated heterocycles. The second-order valence-electron chi connectivity index (χ2n) is 6.00. The van der Waals surface area contributed by atoms with Crippen LogP contribution in [0, 0.1) is 5.92 Å². The first-order valence-electron chi connectivity index (χ1n) is 7.91. The maximum absolute atomic E-state index is 12.3. The first kappa shape index (κ1) is 18.2. The van der Waals surface area contributed by atoms with Gasteiger partial charge >= 0.3 is 0 Å². The number of halogens is 1. The van der Waals surface area contributed by atoms with E-state index in [4.69, 9.17) is 0 Å². The minimum Gasteiger partial charge on any atom is -0.339 e. The summed E-state index contributed by atoms with van der Waals surface area (Å²) >= 11 is 0. The Balaban J connectivity index is 0.00000220. The van der Waals surface area contributed by atoms with Crippen molar-refractivity contribution in [1.29, 1.82) is 0 Å². The molecule has 122 valence electrons. The van der Waals surface area contributed by atoms with Crippen molar-refractivity contribution in [2.24, 2.45) is 5.92 Å². The van der Waals surface area contributed by atoms with Crippen molar-refractivity contribution in [1.82, 2.24) is 15.1 Å². The van der Waals surface area contributed by atoms with Gasteiger partial charge in [-0.05, 0) is 25.8 Å².